The number of nitrogens with zero attached hydrogens (tertiary/aromatic N) is 2. The summed E-state index contributed by atoms with van der Waals surface area (Å²) in [4.78, 5) is 2.35. The van der Waals surface area contributed by atoms with E-state index in [1.54, 1.807) is 0 Å². The van der Waals surface area contributed by atoms with E-state index in [0.29, 0.717) is 0 Å². The number of aromatic nitrogens is 1. The summed E-state index contributed by atoms with van der Waals surface area (Å²) < 4.78 is 2.41. The van der Waals surface area contributed by atoms with Crippen molar-refractivity contribution in [3.05, 3.63) is 267 Å². The van der Waals surface area contributed by atoms with Crippen LogP contribution in [-0.2, 0) is 0 Å². The smallest absolute Gasteiger partial charge is 0.0541 e. The lowest BCUT2D eigenvalue weighted by molar-refractivity contribution is 1.18. The molecule has 0 saturated heterocycles. The van der Waals surface area contributed by atoms with Gasteiger partial charge in [-0.25, -0.2) is 0 Å². The van der Waals surface area contributed by atoms with Crippen molar-refractivity contribution >= 4 is 49.6 Å². The Morgan fingerprint density at radius 3 is 1.21 bits per heavy atom. The first kappa shape index (κ1) is 38.9. The van der Waals surface area contributed by atoms with Gasteiger partial charge in [0.15, 0.2) is 0 Å². The number of benzene rings is 11. The average molecular weight is 841 g/mol. The molecule has 0 bridgehead atoms. The SMILES string of the molecule is c1ccc(-c2ccc(N(c3ccc(-c4ccc(-c5ccccc5-n5c6ccccc6c6ccccc65)cc4)cc3)c3ccc(-c4ccccc4-c4ccc5ccccc5c4)cc3)cc2)cc1. The van der Waals surface area contributed by atoms with Crippen molar-refractivity contribution in [2.45, 2.75) is 0 Å². The number of rotatable bonds is 9. The van der Waals surface area contributed by atoms with Gasteiger partial charge < -0.3 is 9.47 Å². The van der Waals surface area contributed by atoms with Crippen LogP contribution in [0.5, 0.6) is 0 Å². The Balaban J connectivity index is 0.875. The molecular formula is C64H44N2. The first-order chi connectivity index (χ1) is 32.7. The van der Waals surface area contributed by atoms with Crippen LogP contribution in [0.4, 0.5) is 17.1 Å². The van der Waals surface area contributed by atoms with Crippen LogP contribution >= 0.6 is 0 Å². The second-order valence-electron chi connectivity index (χ2n) is 16.9. The summed E-state index contributed by atoms with van der Waals surface area (Å²) in [6.07, 6.45) is 0. The summed E-state index contributed by atoms with van der Waals surface area (Å²) in [6, 6.07) is 96.7. The number of hydrogen-bond donors (Lipinski definition) is 0. The minimum absolute atomic E-state index is 1.09. The Morgan fingerprint density at radius 2 is 0.621 bits per heavy atom. The minimum Gasteiger partial charge on any atom is -0.311 e. The van der Waals surface area contributed by atoms with Gasteiger partial charge >= 0.3 is 0 Å². The van der Waals surface area contributed by atoms with Gasteiger partial charge in [0.25, 0.3) is 0 Å². The largest absolute Gasteiger partial charge is 0.311 e. The highest BCUT2D eigenvalue weighted by molar-refractivity contribution is 6.09. The van der Waals surface area contributed by atoms with Gasteiger partial charge in [0.1, 0.15) is 0 Å². The summed E-state index contributed by atoms with van der Waals surface area (Å²) in [5.74, 6) is 0. The van der Waals surface area contributed by atoms with E-state index in [2.05, 4.69) is 276 Å². The molecule has 0 aliphatic rings. The molecule has 0 spiro atoms. The molecule has 0 radical (unpaired) electrons. The lowest BCUT2D eigenvalue weighted by Gasteiger charge is -2.26. The molecule has 1 aromatic heterocycles. The topological polar surface area (TPSA) is 8.17 Å². The average Bonchev–Trinajstić information content (AvgIpc) is 3.74. The third-order valence-corrected chi connectivity index (χ3v) is 13.0. The second kappa shape index (κ2) is 16.8. The highest BCUT2D eigenvalue weighted by Gasteiger charge is 2.17. The fourth-order valence-corrected chi connectivity index (χ4v) is 9.75. The zero-order valence-corrected chi connectivity index (χ0v) is 36.3. The van der Waals surface area contributed by atoms with Crippen LogP contribution in [0.1, 0.15) is 0 Å². The molecule has 11 aromatic carbocycles. The number of para-hydroxylation sites is 3. The number of fused-ring (bicyclic) bond motifs is 4. The number of anilines is 3. The van der Waals surface area contributed by atoms with Crippen molar-refractivity contribution in [3.8, 4) is 61.3 Å². The van der Waals surface area contributed by atoms with Crippen molar-refractivity contribution in [1.29, 1.82) is 0 Å². The van der Waals surface area contributed by atoms with Gasteiger partial charge in [-0.15, -0.1) is 0 Å². The zero-order valence-electron chi connectivity index (χ0n) is 36.3. The fraction of sp³-hybridized carbons (Fsp3) is 0. The molecule has 0 atom stereocenters. The lowest BCUT2D eigenvalue weighted by Crippen LogP contribution is -2.09. The van der Waals surface area contributed by atoms with Gasteiger partial charge in [-0.05, 0) is 122 Å². The van der Waals surface area contributed by atoms with E-state index in [-0.39, 0.29) is 0 Å². The number of hydrogen-bond acceptors (Lipinski definition) is 1. The molecule has 310 valence electrons. The van der Waals surface area contributed by atoms with E-state index in [1.807, 2.05) is 0 Å². The van der Waals surface area contributed by atoms with Crippen LogP contribution in [0.2, 0.25) is 0 Å². The third-order valence-electron chi connectivity index (χ3n) is 13.0. The van der Waals surface area contributed by atoms with Gasteiger partial charge in [-0.2, -0.15) is 0 Å². The Kier molecular flexibility index (Phi) is 9.89. The van der Waals surface area contributed by atoms with Crippen molar-refractivity contribution in [2.24, 2.45) is 0 Å². The highest BCUT2D eigenvalue weighted by Crippen LogP contribution is 2.41. The van der Waals surface area contributed by atoms with E-state index in [0.717, 1.165) is 17.1 Å². The molecule has 1 heterocycles. The molecule has 0 amide bonds. The third kappa shape index (κ3) is 7.12. The summed E-state index contributed by atoms with van der Waals surface area (Å²) in [5.41, 5.74) is 18.8. The standard InChI is InChI=1S/C64H44N2/c1-2-14-45(15-3-1)48-32-38-54(39-33-48)65(56-42-36-50(37-43-56)57-18-6-7-19-58(57)53-31-28-46-16-4-5-17-52(46)44-53)55-40-34-49(35-41-55)47-26-29-51(30-27-47)59-20-8-11-23-62(59)66-63-24-12-9-21-60(63)61-22-10-13-25-64(61)66/h1-44H. The lowest BCUT2D eigenvalue weighted by atomic mass is 9.93. The normalized spacial score (nSPS) is 11.3. The molecule has 0 unspecified atom stereocenters. The zero-order chi connectivity index (χ0) is 43.8. The minimum atomic E-state index is 1.09. The van der Waals surface area contributed by atoms with Gasteiger partial charge in [0.05, 0.1) is 16.7 Å². The van der Waals surface area contributed by atoms with Crippen LogP contribution in [0.15, 0.2) is 267 Å². The summed E-state index contributed by atoms with van der Waals surface area (Å²) in [5, 5.41) is 5.02. The van der Waals surface area contributed by atoms with E-state index < -0.39 is 0 Å². The van der Waals surface area contributed by atoms with Crippen molar-refractivity contribution in [1.82, 2.24) is 4.57 Å². The van der Waals surface area contributed by atoms with E-state index >= 15 is 0 Å². The molecule has 0 saturated carbocycles. The maximum Gasteiger partial charge on any atom is 0.0541 e. The molecule has 2 heteroatoms. The van der Waals surface area contributed by atoms with Crippen molar-refractivity contribution < 1.29 is 0 Å². The maximum atomic E-state index is 2.41. The van der Waals surface area contributed by atoms with Gasteiger partial charge in [0.2, 0.25) is 0 Å². The van der Waals surface area contributed by atoms with Crippen LogP contribution in [0, 0.1) is 0 Å². The predicted octanol–water partition coefficient (Wildman–Crippen LogP) is 17.7. The fourth-order valence-electron chi connectivity index (χ4n) is 9.75. The van der Waals surface area contributed by atoms with E-state index in [1.165, 1.54) is 93.9 Å². The van der Waals surface area contributed by atoms with Gasteiger partial charge in [-0.1, -0.05) is 206 Å². The summed E-state index contributed by atoms with van der Waals surface area (Å²) >= 11 is 0. The van der Waals surface area contributed by atoms with Crippen LogP contribution in [0.3, 0.4) is 0 Å². The quantitative estimate of drug-likeness (QED) is 0.141. The maximum absolute atomic E-state index is 2.41. The second-order valence-corrected chi connectivity index (χ2v) is 16.9. The van der Waals surface area contributed by atoms with Crippen molar-refractivity contribution in [3.63, 3.8) is 0 Å². The molecule has 12 aromatic rings. The molecule has 0 aliphatic carbocycles. The van der Waals surface area contributed by atoms with Crippen LogP contribution in [0.25, 0.3) is 93.9 Å². The molecule has 2 nitrogen and oxygen atoms in total. The van der Waals surface area contributed by atoms with E-state index in [9.17, 15) is 0 Å². The molecular weight excluding hydrogens is 797 g/mol. The molecule has 66 heavy (non-hydrogen) atoms. The molecule has 0 aliphatic heterocycles. The highest BCUT2D eigenvalue weighted by atomic mass is 15.1. The molecule has 12 rings (SSSR count). The summed E-state index contributed by atoms with van der Waals surface area (Å²) in [6.45, 7) is 0. The Morgan fingerprint density at radius 1 is 0.242 bits per heavy atom. The van der Waals surface area contributed by atoms with Gasteiger partial charge in [-0.3, -0.25) is 0 Å². The first-order valence-corrected chi connectivity index (χ1v) is 22.7. The predicted molar refractivity (Wildman–Crippen MR) is 280 cm³/mol. The van der Waals surface area contributed by atoms with E-state index in [4.69, 9.17) is 0 Å². The Bertz CT molecular complexity index is 3610. The summed E-state index contributed by atoms with van der Waals surface area (Å²) in [7, 11) is 0. The first-order valence-electron chi connectivity index (χ1n) is 22.7. The van der Waals surface area contributed by atoms with Gasteiger partial charge in [0, 0.05) is 33.4 Å². The monoisotopic (exact) mass is 840 g/mol. The van der Waals surface area contributed by atoms with Crippen molar-refractivity contribution in [2.75, 3.05) is 4.90 Å². The molecule has 0 N–H and O–H groups in total. The Labute approximate surface area is 385 Å². The van der Waals surface area contributed by atoms with Crippen LogP contribution < -0.4 is 4.90 Å². The molecule has 0 fully saturated rings. The van der Waals surface area contributed by atoms with Crippen LogP contribution in [-0.4, -0.2) is 4.57 Å². The Hall–Kier alpha value is -8.72.